The van der Waals surface area contributed by atoms with Crippen LogP contribution in [0.3, 0.4) is 0 Å². The van der Waals surface area contributed by atoms with Crippen molar-refractivity contribution in [3.63, 3.8) is 0 Å². The second-order valence-electron chi connectivity index (χ2n) is 5.18. The molecule has 1 aliphatic carbocycles. The van der Waals surface area contributed by atoms with E-state index < -0.39 is 9.04 Å². The molecular formula is C13H29NOSi. The molecule has 0 aromatic heterocycles. The first kappa shape index (κ1) is 14.2. The van der Waals surface area contributed by atoms with Crippen LogP contribution in [0.5, 0.6) is 0 Å². The minimum atomic E-state index is -0.626. The second-order valence-corrected chi connectivity index (χ2v) is 7.91. The van der Waals surface area contributed by atoms with Crippen LogP contribution in [0, 0.1) is 0 Å². The Hall–Kier alpha value is 0.137. The summed E-state index contributed by atoms with van der Waals surface area (Å²) in [7, 11) is -0.626. The Morgan fingerprint density at radius 1 is 1.12 bits per heavy atom. The van der Waals surface area contributed by atoms with Crippen molar-refractivity contribution in [2.45, 2.75) is 76.4 Å². The minimum Gasteiger partial charge on any atom is -0.420 e. The number of rotatable bonds is 2. The molecule has 1 aliphatic heterocycles. The zero-order chi connectivity index (χ0) is 11.6. The average molecular weight is 243 g/mol. The van der Waals surface area contributed by atoms with Crippen LogP contribution in [0.15, 0.2) is 0 Å². The van der Waals surface area contributed by atoms with Gasteiger partial charge in [0.2, 0.25) is 0 Å². The van der Waals surface area contributed by atoms with Crippen LogP contribution in [-0.4, -0.2) is 21.7 Å². The maximum Gasteiger partial charge on any atom is 0.176 e. The lowest BCUT2D eigenvalue weighted by Gasteiger charge is -2.19. The molecule has 0 spiro atoms. The van der Waals surface area contributed by atoms with Gasteiger partial charge < -0.3 is 10.2 Å². The van der Waals surface area contributed by atoms with Crippen molar-refractivity contribution < 1.29 is 4.43 Å². The highest BCUT2D eigenvalue weighted by Gasteiger charge is 2.13. The Bertz CT molecular complexity index is 151. The van der Waals surface area contributed by atoms with E-state index in [4.69, 9.17) is 10.2 Å². The van der Waals surface area contributed by atoms with E-state index in [1.54, 1.807) is 0 Å². The molecule has 2 rings (SSSR count). The quantitative estimate of drug-likeness (QED) is 0.756. The van der Waals surface area contributed by atoms with Crippen molar-refractivity contribution in [3.8, 4) is 0 Å². The Morgan fingerprint density at radius 3 is 2.31 bits per heavy atom. The monoisotopic (exact) mass is 243 g/mol. The summed E-state index contributed by atoms with van der Waals surface area (Å²) < 4.78 is 5.66. The molecule has 16 heavy (non-hydrogen) atoms. The number of hydrogen-bond donors (Lipinski definition) is 1. The molecule has 1 heterocycles. The fraction of sp³-hybridized carbons (Fsp3) is 1.00. The molecule has 1 atom stereocenters. The zero-order valence-corrected chi connectivity index (χ0v) is 12.1. The highest BCUT2D eigenvalue weighted by Crippen LogP contribution is 2.15. The maximum absolute atomic E-state index is 5.66. The van der Waals surface area contributed by atoms with E-state index in [9.17, 15) is 0 Å². The molecule has 3 heteroatoms. The highest BCUT2D eigenvalue weighted by atomic mass is 28.3. The Kier molecular flexibility index (Phi) is 8.16. The van der Waals surface area contributed by atoms with E-state index in [0.29, 0.717) is 6.04 Å². The number of hydrogen-bond acceptors (Lipinski definition) is 2. The van der Waals surface area contributed by atoms with Crippen molar-refractivity contribution in [1.82, 2.24) is 0 Å². The van der Waals surface area contributed by atoms with Crippen LogP contribution in [0.2, 0.25) is 12.1 Å². The maximum atomic E-state index is 5.66. The van der Waals surface area contributed by atoms with Gasteiger partial charge in [0, 0.05) is 12.6 Å². The third-order valence-corrected chi connectivity index (χ3v) is 6.52. The molecular weight excluding hydrogens is 214 g/mol. The summed E-state index contributed by atoms with van der Waals surface area (Å²) in [6.07, 6.45) is 10.7. The lowest BCUT2D eigenvalue weighted by atomic mass is 9.97. The van der Waals surface area contributed by atoms with E-state index in [0.717, 1.165) is 6.61 Å². The van der Waals surface area contributed by atoms with E-state index in [-0.39, 0.29) is 0 Å². The van der Waals surface area contributed by atoms with Crippen LogP contribution in [0.25, 0.3) is 0 Å². The van der Waals surface area contributed by atoms with Crippen LogP contribution in [0.4, 0.5) is 0 Å². The van der Waals surface area contributed by atoms with Gasteiger partial charge in [-0.2, -0.15) is 0 Å². The first-order valence-corrected chi connectivity index (χ1v) is 9.30. The summed E-state index contributed by atoms with van der Waals surface area (Å²) in [5.41, 5.74) is 5.63. The van der Waals surface area contributed by atoms with Gasteiger partial charge in [-0.05, 0) is 31.4 Å². The van der Waals surface area contributed by atoms with Crippen molar-refractivity contribution in [1.29, 1.82) is 0 Å². The molecule has 0 bridgehead atoms. The third kappa shape index (κ3) is 6.66. The summed E-state index contributed by atoms with van der Waals surface area (Å²) in [6, 6.07) is 3.38. The summed E-state index contributed by atoms with van der Waals surface area (Å²) in [6.45, 7) is 3.32. The lowest BCUT2D eigenvalue weighted by Crippen LogP contribution is -2.22. The van der Waals surface area contributed by atoms with Crippen LogP contribution < -0.4 is 5.73 Å². The van der Waals surface area contributed by atoms with Crippen LogP contribution >= 0.6 is 0 Å². The predicted octanol–water partition coefficient (Wildman–Crippen LogP) is 3.21. The van der Waals surface area contributed by atoms with Gasteiger partial charge in [0.1, 0.15) is 0 Å². The van der Waals surface area contributed by atoms with E-state index in [1.807, 2.05) is 0 Å². The van der Waals surface area contributed by atoms with Crippen LogP contribution in [-0.2, 0) is 4.43 Å². The molecule has 96 valence electrons. The molecule has 2 N–H and O–H groups in total. The predicted molar refractivity (Wildman–Crippen MR) is 73.3 cm³/mol. The molecule has 0 radical (unpaired) electrons. The summed E-state index contributed by atoms with van der Waals surface area (Å²) in [5.74, 6) is 0. The van der Waals surface area contributed by atoms with Gasteiger partial charge in [0.15, 0.2) is 9.04 Å². The molecule has 1 saturated carbocycles. The molecule has 0 aromatic carbocycles. The molecule has 1 saturated heterocycles. The number of nitrogens with two attached hydrogens (primary N) is 1. The van der Waals surface area contributed by atoms with Gasteiger partial charge in [0.05, 0.1) is 0 Å². The standard InChI is InChI=1S/C7H16OSi.C6H13N/c1-2-6-9-7-4-3-5-8-9;7-6-4-2-1-3-5-6/h9H,2-7H2,1H3;6H,1-5,7H2. The Morgan fingerprint density at radius 2 is 1.88 bits per heavy atom. The first-order valence-electron chi connectivity index (χ1n) is 7.20. The summed E-state index contributed by atoms with van der Waals surface area (Å²) in [5, 5.41) is 0. The van der Waals surface area contributed by atoms with Gasteiger partial charge in [0.25, 0.3) is 0 Å². The average Bonchev–Trinajstić information content (AvgIpc) is 2.33. The van der Waals surface area contributed by atoms with E-state index in [1.165, 1.54) is 63.5 Å². The topological polar surface area (TPSA) is 35.2 Å². The van der Waals surface area contributed by atoms with Crippen LogP contribution in [0.1, 0.15) is 58.3 Å². The fourth-order valence-electron chi connectivity index (χ4n) is 2.49. The van der Waals surface area contributed by atoms with Gasteiger partial charge in [-0.1, -0.05) is 39.0 Å². The van der Waals surface area contributed by atoms with Crippen molar-refractivity contribution in [2.24, 2.45) is 5.73 Å². The minimum absolute atomic E-state index is 0.536. The van der Waals surface area contributed by atoms with E-state index in [2.05, 4.69) is 6.92 Å². The largest absolute Gasteiger partial charge is 0.420 e. The molecule has 2 fully saturated rings. The van der Waals surface area contributed by atoms with Gasteiger partial charge >= 0.3 is 0 Å². The molecule has 0 amide bonds. The summed E-state index contributed by atoms with van der Waals surface area (Å²) >= 11 is 0. The van der Waals surface area contributed by atoms with Crippen molar-refractivity contribution in [2.75, 3.05) is 6.61 Å². The smallest absolute Gasteiger partial charge is 0.176 e. The normalized spacial score (nSPS) is 27.0. The highest BCUT2D eigenvalue weighted by molar-refractivity contribution is 6.51. The van der Waals surface area contributed by atoms with E-state index >= 15 is 0 Å². The molecule has 0 aromatic rings. The van der Waals surface area contributed by atoms with Crippen molar-refractivity contribution >= 4 is 9.04 Å². The molecule has 2 nitrogen and oxygen atoms in total. The SMILES string of the molecule is CCC[SiH]1CCCCO1.NC1CCCCC1. The third-order valence-electron chi connectivity index (χ3n) is 3.53. The molecule has 1 unspecified atom stereocenters. The fourth-order valence-corrected chi connectivity index (χ4v) is 5.00. The van der Waals surface area contributed by atoms with Gasteiger partial charge in [-0.3, -0.25) is 0 Å². The zero-order valence-electron chi connectivity index (χ0n) is 10.9. The lowest BCUT2D eigenvalue weighted by molar-refractivity contribution is 0.286. The first-order chi connectivity index (χ1) is 7.83. The summed E-state index contributed by atoms with van der Waals surface area (Å²) in [4.78, 5) is 0. The van der Waals surface area contributed by atoms with Gasteiger partial charge in [-0.25, -0.2) is 0 Å². The van der Waals surface area contributed by atoms with Gasteiger partial charge in [-0.15, -0.1) is 0 Å². The molecule has 2 aliphatic rings. The Labute approximate surface area is 103 Å². The van der Waals surface area contributed by atoms with Crippen molar-refractivity contribution in [3.05, 3.63) is 0 Å². The Balaban J connectivity index is 0.000000165. The second kappa shape index (κ2) is 9.20.